The molecule has 0 unspecified atom stereocenters. The van der Waals surface area contributed by atoms with Gasteiger partial charge in [-0.2, -0.15) is 0 Å². The van der Waals surface area contributed by atoms with Crippen molar-refractivity contribution in [2.75, 3.05) is 39.3 Å². The molecular formula is C16H23N3O2. The van der Waals surface area contributed by atoms with Crippen molar-refractivity contribution in [2.45, 2.75) is 13.3 Å². The lowest BCUT2D eigenvalue weighted by molar-refractivity contribution is -0.132. The normalized spacial score (nSPS) is 15.8. The van der Waals surface area contributed by atoms with E-state index in [1.165, 1.54) is 0 Å². The number of hydrogen-bond acceptors (Lipinski definition) is 3. The van der Waals surface area contributed by atoms with Crippen LogP contribution in [0, 0.1) is 0 Å². The predicted octanol–water partition coefficient (Wildman–Crippen LogP) is 0.971. The summed E-state index contributed by atoms with van der Waals surface area (Å²) in [7, 11) is 0. The fraction of sp³-hybridized carbons (Fsp3) is 0.500. The maximum Gasteiger partial charge on any atom is 0.251 e. The van der Waals surface area contributed by atoms with Crippen LogP contribution in [0.4, 0.5) is 0 Å². The van der Waals surface area contributed by atoms with Gasteiger partial charge in [0.25, 0.3) is 5.91 Å². The monoisotopic (exact) mass is 289 g/mol. The van der Waals surface area contributed by atoms with Crippen LogP contribution in [0.3, 0.4) is 0 Å². The maximum atomic E-state index is 12.1. The first-order chi connectivity index (χ1) is 10.2. The summed E-state index contributed by atoms with van der Waals surface area (Å²) < 4.78 is 0. The van der Waals surface area contributed by atoms with Crippen molar-refractivity contribution in [3.63, 3.8) is 0 Å². The van der Waals surface area contributed by atoms with Gasteiger partial charge in [0.2, 0.25) is 5.91 Å². The molecule has 114 valence electrons. The SMILES string of the molecule is CCN1CCN(C(=O)CCNC(=O)c2ccccc2)CC1. The maximum absolute atomic E-state index is 12.1. The largest absolute Gasteiger partial charge is 0.352 e. The van der Waals surface area contributed by atoms with E-state index < -0.39 is 0 Å². The molecule has 1 fully saturated rings. The number of benzene rings is 1. The van der Waals surface area contributed by atoms with Crippen LogP contribution in [0.5, 0.6) is 0 Å². The van der Waals surface area contributed by atoms with Gasteiger partial charge < -0.3 is 15.1 Å². The van der Waals surface area contributed by atoms with E-state index in [1.807, 2.05) is 23.1 Å². The van der Waals surface area contributed by atoms with Crippen molar-refractivity contribution in [1.29, 1.82) is 0 Å². The second kappa shape index (κ2) is 7.78. The van der Waals surface area contributed by atoms with Crippen molar-refractivity contribution in [3.8, 4) is 0 Å². The Hall–Kier alpha value is -1.88. The van der Waals surface area contributed by atoms with Crippen LogP contribution in [-0.2, 0) is 4.79 Å². The molecular weight excluding hydrogens is 266 g/mol. The van der Waals surface area contributed by atoms with Gasteiger partial charge in [-0.25, -0.2) is 0 Å². The Kier molecular flexibility index (Phi) is 5.75. The summed E-state index contributed by atoms with van der Waals surface area (Å²) in [5.41, 5.74) is 0.626. The highest BCUT2D eigenvalue weighted by atomic mass is 16.2. The minimum atomic E-state index is -0.126. The van der Waals surface area contributed by atoms with Crippen molar-refractivity contribution < 1.29 is 9.59 Å². The van der Waals surface area contributed by atoms with Crippen molar-refractivity contribution in [2.24, 2.45) is 0 Å². The van der Waals surface area contributed by atoms with Crippen LogP contribution in [0.1, 0.15) is 23.7 Å². The predicted molar refractivity (Wildman–Crippen MR) is 82.1 cm³/mol. The van der Waals surface area contributed by atoms with Gasteiger partial charge >= 0.3 is 0 Å². The van der Waals surface area contributed by atoms with Gasteiger partial charge in [-0.1, -0.05) is 25.1 Å². The molecule has 0 aromatic heterocycles. The summed E-state index contributed by atoms with van der Waals surface area (Å²) in [5, 5.41) is 2.79. The Bertz CT molecular complexity index is 468. The van der Waals surface area contributed by atoms with Crippen LogP contribution < -0.4 is 5.32 Å². The third-order valence-corrected chi connectivity index (χ3v) is 3.83. The lowest BCUT2D eigenvalue weighted by Crippen LogP contribution is -2.49. The minimum Gasteiger partial charge on any atom is -0.352 e. The number of rotatable bonds is 5. The molecule has 1 aromatic carbocycles. The van der Waals surface area contributed by atoms with E-state index >= 15 is 0 Å². The molecule has 5 heteroatoms. The van der Waals surface area contributed by atoms with Crippen LogP contribution in [0.2, 0.25) is 0 Å². The molecule has 2 rings (SSSR count). The van der Waals surface area contributed by atoms with E-state index in [0.717, 1.165) is 32.7 Å². The van der Waals surface area contributed by atoms with Crippen molar-refractivity contribution in [1.82, 2.24) is 15.1 Å². The average Bonchev–Trinajstić information content (AvgIpc) is 2.55. The fourth-order valence-electron chi connectivity index (χ4n) is 2.45. The first-order valence-corrected chi connectivity index (χ1v) is 7.54. The lowest BCUT2D eigenvalue weighted by atomic mass is 10.2. The van der Waals surface area contributed by atoms with Gasteiger partial charge in [0, 0.05) is 44.7 Å². The molecule has 1 heterocycles. The van der Waals surface area contributed by atoms with Gasteiger partial charge in [0.15, 0.2) is 0 Å². The summed E-state index contributed by atoms with van der Waals surface area (Å²) >= 11 is 0. The second-order valence-corrected chi connectivity index (χ2v) is 5.19. The Balaban J connectivity index is 1.69. The third kappa shape index (κ3) is 4.56. The standard InChI is InChI=1S/C16H23N3O2/c1-2-18-10-12-19(13-11-18)15(20)8-9-17-16(21)14-6-4-3-5-7-14/h3-7H,2,8-13H2,1H3,(H,17,21). The number of carbonyl (C=O) groups excluding carboxylic acids is 2. The van der Waals surface area contributed by atoms with Crippen LogP contribution in [0.25, 0.3) is 0 Å². The molecule has 21 heavy (non-hydrogen) atoms. The van der Waals surface area contributed by atoms with Gasteiger partial charge in [-0.3, -0.25) is 9.59 Å². The Labute approximate surface area is 125 Å². The molecule has 1 N–H and O–H groups in total. The molecule has 1 saturated heterocycles. The number of likely N-dealkylation sites (N-methyl/N-ethyl adjacent to an activating group) is 1. The van der Waals surface area contributed by atoms with Gasteiger partial charge in [0.05, 0.1) is 0 Å². The zero-order chi connectivity index (χ0) is 15.1. The number of amides is 2. The molecule has 0 bridgehead atoms. The van der Waals surface area contributed by atoms with Crippen LogP contribution >= 0.6 is 0 Å². The first-order valence-electron chi connectivity index (χ1n) is 7.54. The van der Waals surface area contributed by atoms with E-state index in [-0.39, 0.29) is 11.8 Å². The molecule has 2 amide bonds. The number of nitrogens with zero attached hydrogens (tertiary/aromatic N) is 2. The Morgan fingerprint density at radius 1 is 1.10 bits per heavy atom. The van der Waals surface area contributed by atoms with E-state index in [0.29, 0.717) is 18.5 Å². The number of nitrogens with one attached hydrogen (secondary N) is 1. The zero-order valence-electron chi connectivity index (χ0n) is 12.5. The fourth-order valence-corrected chi connectivity index (χ4v) is 2.45. The molecule has 5 nitrogen and oxygen atoms in total. The van der Waals surface area contributed by atoms with Crippen LogP contribution in [0.15, 0.2) is 30.3 Å². The van der Waals surface area contributed by atoms with Gasteiger partial charge in [-0.15, -0.1) is 0 Å². The molecule has 0 atom stereocenters. The summed E-state index contributed by atoms with van der Waals surface area (Å²) in [6.07, 6.45) is 0.366. The molecule has 0 aliphatic carbocycles. The number of hydrogen-bond donors (Lipinski definition) is 1. The number of piperazine rings is 1. The molecule has 1 aliphatic rings. The Morgan fingerprint density at radius 3 is 2.38 bits per heavy atom. The molecule has 0 spiro atoms. The third-order valence-electron chi connectivity index (χ3n) is 3.83. The average molecular weight is 289 g/mol. The Morgan fingerprint density at radius 2 is 1.76 bits per heavy atom. The summed E-state index contributed by atoms with van der Waals surface area (Å²) in [6.45, 7) is 7.03. The zero-order valence-corrected chi connectivity index (χ0v) is 12.5. The van der Waals surface area contributed by atoms with Crippen molar-refractivity contribution >= 4 is 11.8 Å². The minimum absolute atomic E-state index is 0.124. The van der Waals surface area contributed by atoms with Gasteiger partial charge in [0.1, 0.15) is 0 Å². The topological polar surface area (TPSA) is 52.6 Å². The highest BCUT2D eigenvalue weighted by Crippen LogP contribution is 2.03. The summed E-state index contributed by atoms with van der Waals surface area (Å²) in [6, 6.07) is 9.05. The highest BCUT2D eigenvalue weighted by molar-refractivity contribution is 5.94. The van der Waals surface area contributed by atoms with E-state index in [4.69, 9.17) is 0 Å². The van der Waals surface area contributed by atoms with E-state index in [2.05, 4.69) is 17.1 Å². The molecule has 0 radical (unpaired) electrons. The summed E-state index contributed by atoms with van der Waals surface area (Å²) in [4.78, 5) is 28.1. The molecule has 1 aromatic rings. The number of carbonyl (C=O) groups is 2. The first kappa shape index (κ1) is 15.5. The van der Waals surface area contributed by atoms with Gasteiger partial charge in [-0.05, 0) is 18.7 Å². The smallest absolute Gasteiger partial charge is 0.251 e. The summed E-state index contributed by atoms with van der Waals surface area (Å²) in [5.74, 6) is -0.00156. The molecule has 1 aliphatic heterocycles. The second-order valence-electron chi connectivity index (χ2n) is 5.19. The molecule has 0 saturated carbocycles. The lowest BCUT2D eigenvalue weighted by Gasteiger charge is -2.34. The van der Waals surface area contributed by atoms with Crippen LogP contribution in [-0.4, -0.2) is 60.9 Å². The van der Waals surface area contributed by atoms with E-state index in [9.17, 15) is 9.59 Å². The van der Waals surface area contributed by atoms with Crippen molar-refractivity contribution in [3.05, 3.63) is 35.9 Å². The van der Waals surface area contributed by atoms with E-state index in [1.54, 1.807) is 12.1 Å². The highest BCUT2D eigenvalue weighted by Gasteiger charge is 2.19. The quantitative estimate of drug-likeness (QED) is 0.879.